The van der Waals surface area contributed by atoms with E-state index < -0.39 is 5.60 Å². The van der Waals surface area contributed by atoms with Gasteiger partial charge in [-0.3, -0.25) is 9.48 Å². The molecular weight excluding hydrogens is 518 g/mol. The van der Waals surface area contributed by atoms with E-state index in [1.165, 1.54) is 17.7 Å². The molecule has 1 N–H and O–H groups in total. The van der Waals surface area contributed by atoms with Crippen LogP contribution in [0.15, 0.2) is 18.3 Å². The van der Waals surface area contributed by atoms with Crippen LogP contribution < -0.4 is 10.1 Å². The number of fused-ring (bicyclic) bond motifs is 3. The molecule has 2 amide bonds. The highest BCUT2D eigenvalue weighted by Crippen LogP contribution is 2.57. The van der Waals surface area contributed by atoms with Gasteiger partial charge in [-0.25, -0.2) is 9.78 Å². The fourth-order valence-electron chi connectivity index (χ4n) is 6.98. The van der Waals surface area contributed by atoms with Crippen molar-refractivity contribution in [2.75, 3.05) is 13.1 Å². The van der Waals surface area contributed by atoms with Crippen LogP contribution in [0.3, 0.4) is 0 Å². The maximum absolute atomic E-state index is 13.7. The summed E-state index contributed by atoms with van der Waals surface area (Å²) in [6.45, 7) is 9.76. The normalized spacial score (nSPS) is 25.8. The Hall–Kier alpha value is -3.10. The fourth-order valence-corrected chi connectivity index (χ4v) is 6.98. The van der Waals surface area contributed by atoms with Crippen LogP contribution >= 0.6 is 0 Å². The Morgan fingerprint density at radius 2 is 1.85 bits per heavy atom. The summed E-state index contributed by atoms with van der Waals surface area (Å²) in [5.41, 5.74) is 3.79. The molecule has 6 rings (SSSR count). The smallest absolute Gasteiger partial charge is 0.407 e. The molecule has 1 aliphatic heterocycles. The number of piperidine rings is 1. The van der Waals surface area contributed by atoms with Crippen molar-refractivity contribution in [3.05, 3.63) is 40.8 Å². The van der Waals surface area contributed by atoms with Gasteiger partial charge in [-0.2, -0.15) is 5.10 Å². The van der Waals surface area contributed by atoms with Gasteiger partial charge in [0, 0.05) is 48.7 Å². The highest BCUT2D eigenvalue weighted by Gasteiger charge is 2.50. The molecule has 3 heterocycles. The Labute approximate surface area is 243 Å². The second-order valence-corrected chi connectivity index (χ2v) is 13.6. The lowest BCUT2D eigenvalue weighted by Gasteiger charge is -2.32. The van der Waals surface area contributed by atoms with Gasteiger partial charge in [-0.05, 0) is 109 Å². The number of ether oxygens (including phenoxy) is 2. The summed E-state index contributed by atoms with van der Waals surface area (Å²) < 4.78 is 13.8. The highest BCUT2D eigenvalue weighted by molar-refractivity contribution is 5.94. The molecule has 3 fully saturated rings. The molecule has 2 saturated carbocycles. The van der Waals surface area contributed by atoms with E-state index in [0.717, 1.165) is 69.4 Å². The first kappa shape index (κ1) is 28.0. The third-order valence-electron chi connectivity index (χ3n) is 9.34. The topological polar surface area (TPSA) is 98.6 Å². The molecule has 2 aromatic heterocycles. The Morgan fingerprint density at radius 1 is 1.10 bits per heavy atom. The quantitative estimate of drug-likeness (QED) is 0.484. The van der Waals surface area contributed by atoms with Crippen LogP contribution in [0.5, 0.6) is 5.88 Å². The lowest BCUT2D eigenvalue weighted by atomic mass is 9.85. The van der Waals surface area contributed by atoms with Gasteiger partial charge < -0.3 is 19.7 Å². The van der Waals surface area contributed by atoms with Gasteiger partial charge in [-0.15, -0.1) is 0 Å². The fraction of sp³-hybridized carbons (Fsp3) is 0.688. The molecule has 1 saturated heterocycles. The van der Waals surface area contributed by atoms with E-state index in [1.54, 1.807) is 6.20 Å². The van der Waals surface area contributed by atoms with Crippen LogP contribution in [0, 0.1) is 18.8 Å². The minimum absolute atomic E-state index is 0.0263. The van der Waals surface area contributed by atoms with Crippen molar-refractivity contribution in [3.8, 4) is 5.88 Å². The van der Waals surface area contributed by atoms with Crippen molar-refractivity contribution in [1.82, 2.24) is 25.0 Å². The molecule has 0 spiro atoms. The summed E-state index contributed by atoms with van der Waals surface area (Å²) in [4.78, 5) is 32.2. The first-order chi connectivity index (χ1) is 19.6. The Morgan fingerprint density at radius 3 is 2.56 bits per heavy atom. The monoisotopic (exact) mass is 563 g/mol. The third kappa shape index (κ3) is 6.38. The summed E-state index contributed by atoms with van der Waals surface area (Å²) in [6.07, 6.45) is 10.9. The number of carbonyl (C=O) groups is 2. The lowest BCUT2D eigenvalue weighted by Crippen LogP contribution is -2.47. The maximum Gasteiger partial charge on any atom is 0.407 e. The number of alkyl carbamates (subject to hydrolysis) is 1. The van der Waals surface area contributed by atoms with Crippen LogP contribution in [-0.2, 0) is 17.7 Å². The molecule has 3 aliphatic carbocycles. The molecule has 2 aromatic rings. The van der Waals surface area contributed by atoms with Gasteiger partial charge in [0.25, 0.3) is 5.91 Å². The van der Waals surface area contributed by atoms with Gasteiger partial charge in [0.1, 0.15) is 11.7 Å². The van der Waals surface area contributed by atoms with Crippen molar-refractivity contribution in [2.24, 2.45) is 11.8 Å². The molecule has 9 heteroatoms. The summed E-state index contributed by atoms with van der Waals surface area (Å²) >= 11 is 0. The van der Waals surface area contributed by atoms with Crippen molar-refractivity contribution < 1.29 is 19.1 Å². The molecule has 41 heavy (non-hydrogen) atoms. The minimum Gasteiger partial charge on any atom is -0.474 e. The number of likely N-dealkylation sites (tertiary alicyclic amines) is 1. The number of aryl methyl sites for hydroxylation is 2. The zero-order valence-corrected chi connectivity index (χ0v) is 25.0. The zero-order valence-electron chi connectivity index (χ0n) is 25.0. The van der Waals surface area contributed by atoms with Gasteiger partial charge >= 0.3 is 6.09 Å². The van der Waals surface area contributed by atoms with Crippen molar-refractivity contribution in [3.63, 3.8) is 0 Å². The molecule has 0 aromatic carbocycles. The van der Waals surface area contributed by atoms with Crippen molar-refractivity contribution in [2.45, 2.75) is 116 Å². The largest absolute Gasteiger partial charge is 0.474 e. The average Bonchev–Trinajstić information content (AvgIpc) is 3.45. The number of nitrogens with zero attached hydrogens (tertiary/aromatic N) is 4. The Balaban J connectivity index is 1.02. The molecule has 222 valence electrons. The number of pyridine rings is 1. The van der Waals surface area contributed by atoms with E-state index in [4.69, 9.17) is 14.6 Å². The third-order valence-corrected chi connectivity index (χ3v) is 9.34. The van der Waals surface area contributed by atoms with Gasteiger partial charge in [-0.1, -0.05) is 6.07 Å². The molecule has 9 nitrogen and oxygen atoms in total. The zero-order chi connectivity index (χ0) is 28.7. The summed E-state index contributed by atoms with van der Waals surface area (Å²) in [6, 6.07) is 4.02. The van der Waals surface area contributed by atoms with E-state index in [0.29, 0.717) is 36.5 Å². The predicted molar refractivity (Wildman–Crippen MR) is 155 cm³/mol. The van der Waals surface area contributed by atoms with E-state index in [1.807, 2.05) is 44.7 Å². The summed E-state index contributed by atoms with van der Waals surface area (Å²) in [5, 5.41) is 7.93. The second-order valence-electron chi connectivity index (χ2n) is 13.6. The van der Waals surface area contributed by atoms with Crippen LogP contribution in [0.2, 0.25) is 0 Å². The number of hydrogen-bond acceptors (Lipinski definition) is 6. The number of nitrogens with one attached hydrogen (secondary N) is 1. The molecular formula is C32H45N5O4. The maximum atomic E-state index is 13.7. The number of hydrogen-bond donors (Lipinski definition) is 1. The molecule has 0 unspecified atom stereocenters. The van der Waals surface area contributed by atoms with Gasteiger partial charge in [0.05, 0.1) is 0 Å². The van der Waals surface area contributed by atoms with Gasteiger partial charge in [0.15, 0.2) is 5.69 Å². The van der Waals surface area contributed by atoms with Crippen LogP contribution in [-0.4, -0.2) is 62.5 Å². The molecule has 0 bridgehead atoms. The Kier molecular flexibility index (Phi) is 7.72. The van der Waals surface area contributed by atoms with Crippen molar-refractivity contribution in [1.29, 1.82) is 0 Å². The summed E-state index contributed by atoms with van der Waals surface area (Å²) in [5.74, 6) is 2.71. The number of rotatable bonds is 7. The molecule has 0 radical (unpaired) electrons. The highest BCUT2D eigenvalue weighted by atomic mass is 16.6. The van der Waals surface area contributed by atoms with E-state index in [2.05, 4.69) is 15.0 Å². The molecule has 4 aliphatic rings. The van der Waals surface area contributed by atoms with E-state index >= 15 is 0 Å². The minimum atomic E-state index is -0.520. The SMILES string of the molecule is Cc1cccnc1O[C@H]1CC[C@@H](CCn2nc(C(=O)N3CCC(NC(=O)OC(C)(C)C)CC3)c3c2C[C@H]2C[C@@H]32)CC1. The summed E-state index contributed by atoms with van der Waals surface area (Å²) in [7, 11) is 0. The van der Waals surface area contributed by atoms with E-state index in [9.17, 15) is 9.59 Å². The molecule has 2 atom stereocenters. The van der Waals surface area contributed by atoms with E-state index in [-0.39, 0.29) is 24.1 Å². The number of carbonyl (C=O) groups excluding carboxylic acids is 2. The Bertz CT molecular complexity index is 1270. The first-order valence-electron chi connectivity index (χ1n) is 15.6. The number of amides is 2. The standard InChI is InChI=1S/C32H45N5O4/c1-20-6-5-14-33-29(20)40-24-9-7-21(8-10-24)11-17-37-26-19-22-18-25(22)27(26)28(35-37)30(38)36-15-12-23(13-16-36)34-31(39)41-32(2,3)4/h5-6,14,21-25H,7-13,15-19H2,1-4H3,(H,34,39)/t21-,22-,24+,25-/m1/s1. The van der Waals surface area contributed by atoms with Crippen LogP contribution in [0.4, 0.5) is 4.79 Å². The van der Waals surface area contributed by atoms with Crippen LogP contribution in [0.25, 0.3) is 0 Å². The van der Waals surface area contributed by atoms with Crippen molar-refractivity contribution >= 4 is 12.0 Å². The second kappa shape index (κ2) is 11.3. The first-order valence-corrected chi connectivity index (χ1v) is 15.6. The number of aromatic nitrogens is 3. The van der Waals surface area contributed by atoms with Crippen LogP contribution in [0.1, 0.15) is 105 Å². The van der Waals surface area contributed by atoms with Gasteiger partial charge in [0.2, 0.25) is 5.88 Å². The average molecular weight is 564 g/mol. The predicted octanol–water partition coefficient (Wildman–Crippen LogP) is 5.40. The lowest BCUT2D eigenvalue weighted by molar-refractivity contribution is 0.0473.